The number of anilines is 3. The quantitative estimate of drug-likeness (QED) is 0.597. The number of hydrogen-bond donors (Lipinski definition) is 0. The van der Waals surface area contributed by atoms with Crippen LogP contribution in [0.5, 0.6) is 0 Å². The Morgan fingerprint density at radius 2 is 1.42 bits per heavy atom. The fourth-order valence-electron chi connectivity index (χ4n) is 3.79. The predicted molar refractivity (Wildman–Crippen MR) is 124 cm³/mol. The van der Waals surface area contributed by atoms with E-state index in [1.54, 1.807) is 0 Å². The van der Waals surface area contributed by atoms with E-state index in [0.29, 0.717) is 17.7 Å². The Balaban J connectivity index is 1.59. The molecule has 7 heteroatoms. The van der Waals surface area contributed by atoms with E-state index in [2.05, 4.69) is 59.7 Å². The number of rotatable bonds is 6. The first-order chi connectivity index (χ1) is 15.1. The number of aryl methyl sites for hydroxylation is 1. The minimum atomic E-state index is -0.208. The Kier molecular flexibility index (Phi) is 6.30. The zero-order chi connectivity index (χ0) is 21.8. The van der Waals surface area contributed by atoms with E-state index >= 15 is 0 Å². The van der Waals surface area contributed by atoms with Crippen molar-refractivity contribution in [3.05, 3.63) is 59.9 Å². The summed E-state index contributed by atoms with van der Waals surface area (Å²) in [7, 11) is 0. The third-order valence-corrected chi connectivity index (χ3v) is 5.72. The minimum absolute atomic E-state index is 0.208. The van der Waals surface area contributed by atoms with Gasteiger partial charge >= 0.3 is 0 Å². The molecule has 0 amide bonds. The van der Waals surface area contributed by atoms with Crippen molar-refractivity contribution in [3.8, 4) is 11.4 Å². The molecule has 162 valence electrons. The molecule has 1 saturated heterocycles. The Morgan fingerprint density at radius 3 is 2.03 bits per heavy atom. The van der Waals surface area contributed by atoms with E-state index in [1.165, 1.54) is 17.7 Å². The molecule has 1 aromatic heterocycles. The lowest BCUT2D eigenvalue weighted by Crippen LogP contribution is -2.47. The van der Waals surface area contributed by atoms with Crippen molar-refractivity contribution in [1.29, 1.82) is 0 Å². The van der Waals surface area contributed by atoms with E-state index in [-0.39, 0.29) is 5.82 Å². The van der Waals surface area contributed by atoms with Crippen LogP contribution >= 0.6 is 0 Å². The number of aromatic nitrogens is 3. The molecular formula is C24H29FN6. The van der Waals surface area contributed by atoms with Gasteiger partial charge in [0.15, 0.2) is 5.82 Å². The van der Waals surface area contributed by atoms with Crippen LogP contribution in [-0.2, 0) is 0 Å². The average Bonchev–Trinajstić information content (AvgIpc) is 2.81. The summed E-state index contributed by atoms with van der Waals surface area (Å²) in [6.45, 7) is 11.2. The van der Waals surface area contributed by atoms with Gasteiger partial charge in [-0.1, -0.05) is 29.8 Å². The summed E-state index contributed by atoms with van der Waals surface area (Å²) in [4.78, 5) is 21.0. The summed E-state index contributed by atoms with van der Waals surface area (Å²) in [6.07, 6.45) is 0. The maximum absolute atomic E-state index is 13.2. The lowest BCUT2D eigenvalue weighted by Gasteiger charge is -2.36. The number of halogens is 1. The molecule has 1 aliphatic rings. The molecule has 2 aromatic carbocycles. The van der Waals surface area contributed by atoms with Crippen LogP contribution in [0.25, 0.3) is 11.4 Å². The van der Waals surface area contributed by atoms with Gasteiger partial charge in [0.2, 0.25) is 11.9 Å². The highest BCUT2D eigenvalue weighted by Crippen LogP contribution is 2.24. The number of benzene rings is 2. The third-order valence-electron chi connectivity index (χ3n) is 5.72. The van der Waals surface area contributed by atoms with Gasteiger partial charge in [-0.15, -0.1) is 0 Å². The van der Waals surface area contributed by atoms with E-state index in [4.69, 9.17) is 15.0 Å². The van der Waals surface area contributed by atoms with Crippen molar-refractivity contribution >= 4 is 17.6 Å². The van der Waals surface area contributed by atoms with Crippen molar-refractivity contribution in [3.63, 3.8) is 0 Å². The van der Waals surface area contributed by atoms with Crippen LogP contribution in [-0.4, -0.2) is 54.2 Å². The fraction of sp³-hybridized carbons (Fsp3) is 0.375. The molecule has 0 radical (unpaired) electrons. The highest BCUT2D eigenvalue weighted by atomic mass is 19.1. The molecular weight excluding hydrogens is 391 g/mol. The normalized spacial score (nSPS) is 14.1. The molecule has 3 aromatic rings. The molecule has 0 aliphatic carbocycles. The molecule has 1 fully saturated rings. The maximum Gasteiger partial charge on any atom is 0.230 e. The summed E-state index contributed by atoms with van der Waals surface area (Å²) >= 11 is 0. The van der Waals surface area contributed by atoms with Gasteiger partial charge in [0.05, 0.1) is 0 Å². The van der Waals surface area contributed by atoms with E-state index < -0.39 is 0 Å². The summed E-state index contributed by atoms with van der Waals surface area (Å²) in [6, 6.07) is 15.0. The van der Waals surface area contributed by atoms with Gasteiger partial charge in [0.1, 0.15) is 5.82 Å². The van der Waals surface area contributed by atoms with Crippen LogP contribution in [0.15, 0.2) is 48.5 Å². The largest absolute Gasteiger partial charge is 0.368 e. The second kappa shape index (κ2) is 9.29. The van der Waals surface area contributed by atoms with Crippen molar-refractivity contribution in [2.75, 3.05) is 54.0 Å². The molecule has 0 atom stereocenters. The zero-order valence-corrected chi connectivity index (χ0v) is 18.4. The van der Waals surface area contributed by atoms with Crippen LogP contribution in [0.1, 0.15) is 19.4 Å². The minimum Gasteiger partial charge on any atom is -0.368 e. The van der Waals surface area contributed by atoms with Crippen LogP contribution in [0, 0.1) is 12.7 Å². The molecule has 6 nitrogen and oxygen atoms in total. The monoisotopic (exact) mass is 420 g/mol. The standard InChI is InChI=1S/C24H29FN6/c1-4-29(5-2)23-26-22(19-8-6-18(3)7-9-19)27-24(28-23)31-16-14-30(15-17-31)21-12-10-20(25)11-13-21/h6-13H,4-5,14-17H2,1-3H3. The average molecular weight is 421 g/mol. The Labute approximate surface area is 183 Å². The first-order valence-corrected chi connectivity index (χ1v) is 10.9. The Morgan fingerprint density at radius 1 is 0.806 bits per heavy atom. The molecule has 1 aliphatic heterocycles. The molecule has 0 saturated carbocycles. The molecule has 0 bridgehead atoms. The molecule has 4 rings (SSSR count). The number of hydrogen-bond acceptors (Lipinski definition) is 6. The van der Waals surface area contributed by atoms with Crippen molar-refractivity contribution in [1.82, 2.24) is 15.0 Å². The summed E-state index contributed by atoms with van der Waals surface area (Å²) in [5.41, 5.74) is 3.24. The van der Waals surface area contributed by atoms with Gasteiger partial charge in [-0.25, -0.2) is 4.39 Å². The van der Waals surface area contributed by atoms with Crippen molar-refractivity contribution < 1.29 is 4.39 Å². The first kappa shape index (κ1) is 21.0. The number of piperazine rings is 1. The SMILES string of the molecule is CCN(CC)c1nc(-c2ccc(C)cc2)nc(N2CCN(c3ccc(F)cc3)CC2)n1. The summed E-state index contributed by atoms with van der Waals surface area (Å²) < 4.78 is 13.2. The highest BCUT2D eigenvalue weighted by molar-refractivity contribution is 5.59. The summed E-state index contributed by atoms with van der Waals surface area (Å²) in [5.74, 6) is 1.92. The highest BCUT2D eigenvalue weighted by Gasteiger charge is 2.22. The molecule has 31 heavy (non-hydrogen) atoms. The van der Waals surface area contributed by atoms with Crippen LogP contribution in [0.4, 0.5) is 22.0 Å². The molecule has 0 unspecified atom stereocenters. The first-order valence-electron chi connectivity index (χ1n) is 10.9. The van der Waals surface area contributed by atoms with Gasteiger partial charge in [-0.3, -0.25) is 0 Å². The molecule has 0 N–H and O–H groups in total. The summed E-state index contributed by atoms with van der Waals surface area (Å²) in [5, 5.41) is 0. The van der Waals surface area contributed by atoms with Gasteiger partial charge in [-0.2, -0.15) is 15.0 Å². The zero-order valence-electron chi connectivity index (χ0n) is 18.4. The van der Waals surface area contributed by atoms with Crippen LogP contribution in [0.2, 0.25) is 0 Å². The third kappa shape index (κ3) is 4.76. The molecule has 0 spiro atoms. The lowest BCUT2D eigenvalue weighted by atomic mass is 10.1. The van der Waals surface area contributed by atoms with Gasteiger partial charge in [-0.05, 0) is 45.0 Å². The topological polar surface area (TPSA) is 48.4 Å². The maximum atomic E-state index is 13.2. The van der Waals surface area contributed by atoms with E-state index in [1.807, 2.05) is 12.1 Å². The number of nitrogens with zero attached hydrogens (tertiary/aromatic N) is 6. The Bertz CT molecular complexity index is 994. The van der Waals surface area contributed by atoms with Crippen molar-refractivity contribution in [2.45, 2.75) is 20.8 Å². The molecule has 2 heterocycles. The second-order valence-electron chi connectivity index (χ2n) is 7.75. The second-order valence-corrected chi connectivity index (χ2v) is 7.75. The van der Waals surface area contributed by atoms with Gasteiger partial charge in [0.25, 0.3) is 0 Å². The lowest BCUT2D eigenvalue weighted by molar-refractivity contribution is 0.622. The van der Waals surface area contributed by atoms with Crippen LogP contribution in [0.3, 0.4) is 0 Å². The fourth-order valence-corrected chi connectivity index (χ4v) is 3.79. The van der Waals surface area contributed by atoms with E-state index in [0.717, 1.165) is 50.5 Å². The van der Waals surface area contributed by atoms with Gasteiger partial charge in [0, 0.05) is 50.5 Å². The Hall–Kier alpha value is -3.22. The predicted octanol–water partition coefficient (Wildman–Crippen LogP) is 4.16. The van der Waals surface area contributed by atoms with Crippen LogP contribution < -0.4 is 14.7 Å². The van der Waals surface area contributed by atoms with Gasteiger partial charge < -0.3 is 14.7 Å². The van der Waals surface area contributed by atoms with Crippen molar-refractivity contribution in [2.24, 2.45) is 0 Å². The smallest absolute Gasteiger partial charge is 0.230 e. The van der Waals surface area contributed by atoms with E-state index in [9.17, 15) is 4.39 Å².